The third-order valence-corrected chi connectivity index (χ3v) is 3.92. The summed E-state index contributed by atoms with van der Waals surface area (Å²) in [5.41, 5.74) is 1.98. The minimum absolute atomic E-state index is 0.206. The van der Waals surface area contributed by atoms with E-state index in [-0.39, 0.29) is 5.75 Å². The molecule has 0 heterocycles. The molecule has 0 radical (unpaired) electrons. The fourth-order valence-electron chi connectivity index (χ4n) is 1.88. The van der Waals surface area contributed by atoms with E-state index in [0.717, 1.165) is 14.5 Å². The number of carbonyl (C=O) groups excluding carboxylic acids is 1. The van der Waals surface area contributed by atoms with Crippen LogP contribution in [0.5, 0.6) is 5.75 Å². The number of halogens is 2. The van der Waals surface area contributed by atoms with Crippen molar-refractivity contribution in [1.29, 1.82) is 0 Å². The monoisotopic (exact) mass is 413 g/mol. The molecule has 6 heteroatoms. The highest BCUT2D eigenvalue weighted by Gasteiger charge is 2.16. The van der Waals surface area contributed by atoms with Crippen LogP contribution in [0.15, 0.2) is 45.3 Å². The van der Waals surface area contributed by atoms with Crippen molar-refractivity contribution in [2.75, 3.05) is 12.4 Å². The number of methoxy groups -OCH3 is 1. The molecular formula is C15H13Br2NO3. The number of phenolic OH excluding ortho intramolecular Hbond substituents is 1. The number of carbonyl (C=O) groups is 1. The molecule has 0 aromatic heterocycles. The number of ether oxygens (including phenoxy) is 1. The Kier molecular flexibility index (Phi) is 5.25. The van der Waals surface area contributed by atoms with E-state index in [1.165, 1.54) is 7.11 Å². The van der Waals surface area contributed by atoms with Gasteiger partial charge in [0.25, 0.3) is 0 Å². The van der Waals surface area contributed by atoms with Gasteiger partial charge in [-0.1, -0.05) is 28.1 Å². The molecule has 21 heavy (non-hydrogen) atoms. The van der Waals surface area contributed by atoms with Gasteiger partial charge in [-0.3, -0.25) is 0 Å². The standard InChI is InChI=1S/C15H13Br2NO3/c1-21-15(20)12-6-10(16)7-13(17)14(12)18-8-9-3-2-4-11(19)5-9/h2-7,18-19H,8H2,1H3. The van der Waals surface area contributed by atoms with Crippen molar-refractivity contribution in [3.63, 3.8) is 0 Å². The van der Waals surface area contributed by atoms with Crippen LogP contribution in [0, 0.1) is 0 Å². The van der Waals surface area contributed by atoms with Gasteiger partial charge < -0.3 is 15.2 Å². The molecule has 2 aromatic rings. The Morgan fingerprint density at radius 2 is 2.05 bits per heavy atom. The number of anilines is 1. The number of hydrogen-bond donors (Lipinski definition) is 2. The molecule has 0 aliphatic carbocycles. The Morgan fingerprint density at radius 3 is 2.71 bits per heavy atom. The summed E-state index contributed by atoms with van der Waals surface area (Å²) >= 11 is 6.79. The van der Waals surface area contributed by atoms with Crippen molar-refractivity contribution in [2.24, 2.45) is 0 Å². The number of nitrogens with one attached hydrogen (secondary N) is 1. The maximum atomic E-state index is 11.9. The van der Waals surface area contributed by atoms with Crippen LogP contribution in [0.4, 0.5) is 5.69 Å². The summed E-state index contributed by atoms with van der Waals surface area (Å²) < 4.78 is 6.32. The predicted molar refractivity (Wildman–Crippen MR) is 88.6 cm³/mol. The minimum atomic E-state index is -0.421. The molecule has 0 atom stereocenters. The van der Waals surface area contributed by atoms with Gasteiger partial charge in [0, 0.05) is 15.5 Å². The van der Waals surface area contributed by atoms with Crippen LogP contribution in [-0.4, -0.2) is 18.2 Å². The van der Waals surface area contributed by atoms with Gasteiger partial charge >= 0.3 is 5.97 Å². The topological polar surface area (TPSA) is 58.6 Å². The predicted octanol–water partition coefficient (Wildman–Crippen LogP) is 4.32. The molecule has 4 nitrogen and oxygen atoms in total. The lowest BCUT2D eigenvalue weighted by atomic mass is 10.1. The summed E-state index contributed by atoms with van der Waals surface area (Å²) in [4.78, 5) is 11.9. The van der Waals surface area contributed by atoms with Crippen molar-refractivity contribution in [3.05, 3.63) is 56.5 Å². The smallest absolute Gasteiger partial charge is 0.340 e. The van der Waals surface area contributed by atoms with Crippen molar-refractivity contribution < 1.29 is 14.6 Å². The summed E-state index contributed by atoms with van der Waals surface area (Å²) in [5, 5.41) is 12.7. The SMILES string of the molecule is COC(=O)c1cc(Br)cc(Br)c1NCc1cccc(O)c1. The molecule has 0 spiro atoms. The maximum Gasteiger partial charge on any atom is 0.340 e. The second-order valence-corrected chi connectivity index (χ2v) is 6.10. The molecule has 0 unspecified atom stereocenters. The zero-order valence-electron chi connectivity index (χ0n) is 11.2. The molecule has 110 valence electrons. The highest BCUT2D eigenvalue weighted by molar-refractivity contribution is 9.11. The van der Waals surface area contributed by atoms with E-state index in [0.29, 0.717) is 17.8 Å². The van der Waals surface area contributed by atoms with Crippen LogP contribution in [0.25, 0.3) is 0 Å². The number of esters is 1. The molecule has 0 fully saturated rings. The van der Waals surface area contributed by atoms with Crippen molar-refractivity contribution >= 4 is 43.5 Å². The molecule has 2 aromatic carbocycles. The van der Waals surface area contributed by atoms with E-state index in [1.54, 1.807) is 24.3 Å². The fourth-order valence-corrected chi connectivity index (χ4v) is 3.25. The normalized spacial score (nSPS) is 10.2. The Labute approximate surface area is 139 Å². The Balaban J connectivity index is 2.28. The first-order valence-electron chi connectivity index (χ1n) is 6.10. The molecule has 0 aliphatic heterocycles. The molecule has 0 saturated carbocycles. The number of rotatable bonds is 4. The van der Waals surface area contributed by atoms with E-state index in [9.17, 15) is 9.90 Å². The van der Waals surface area contributed by atoms with Gasteiger partial charge in [-0.05, 0) is 45.8 Å². The van der Waals surface area contributed by atoms with Gasteiger partial charge in [-0.15, -0.1) is 0 Å². The Bertz CT molecular complexity index is 674. The average Bonchev–Trinajstić information content (AvgIpc) is 2.45. The van der Waals surface area contributed by atoms with Gasteiger partial charge in [-0.25, -0.2) is 4.79 Å². The lowest BCUT2D eigenvalue weighted by Gasteiger charge is -2.14. The number of benzene rings is 2. The van der Waals surface area contributed by atoms with Gasteiger partial charge in [0.2, 0.25) is 0 Å². The first kappa shape index (κ1) is 15.9. The summed E-state index contributed by atoms with van der Waals surface area (Å²) in [7, 11) is 1.34. The first-order valence-corrected chi connectivity index (χ1v) is 7.69. The van der Waals surface area contributed by atoms with Crippen LogP contribution in [-0.2, 0) is 11.3 Å². The summed E-state index contributed by atoms with van der Waals surface area (Å²) in [6.45, 7) is 0.471. The second-order valence-electron chi connectivity index (χ2n) is 4.33. The minimum Gasteiger partial charge on any atom is -0.508 e. The quantitative estimate of drug-likeness (QED) is 0.731. The molecule has 0 aliphatic rings. The second kappa shape index (κ2) is 6.95. The molecule has 0 bridgehead atoms. The zero-order valence-corrected chi connectivity index (χ0v) is 14.4. The van der Waals surface area contributed by atoms with Crippen molar-refractivity contribution in [1.82, 2.24) is 0 Å². The number of aromatic hydroxyl groups is 1. The number of phenols is 1. The fraction of sp³-hybridized carbons (Fsp3) is 0.133. The zero-order chi connectivity index (χ0) is 15.4. The Morgan fingerprint density at radius 1 is 1.29 bits per heavy atom. The van der Waals surface area contributed by atoms with Crippen LogP contribution < -0.4 is 5.32 Å². The lowest BCUT2D eigenvalue weighted by molar-refractivity contribution is 0.0601. The Hall–Kier alpha value is -1.53. The van der Waals surface area contributed by atoms with Gasteiger partial charge in [0.05, 0.1) is 18.4 Å². The molecular weight excluding hydrogens is 402 g/mol. The molecule has 0 saturated heterocycles. The summed E-state index contributed by atoms with van der Waals surface area (Å²) in [6, 6.07) is 10.5. The van der Waals surface area contributed by atoms with Gasteiger partial charge in [0.1, 0.15) is 5.75 Å². The van der Waals surface area contributed by atoms with Crippen molar-refractivity contribution in [2.45, 2.75) is 6.54 Å². The van der Waals surface area contributed by atoms with Crippen LogP contribution in [0.2, 0.25) is 0 Å². The highest BCUT2D eigenvalue weighted by Crippen LogP contribution is 2.31. The molecule has 2 rings (SSSR count). The van der Waals surface area contributed by atoms with Crippen LogP contribution in [0.1, 0.15) is 15.9 Å². The van der Waals surface area contributed by atoms with Crippen molar-refractivity contribution in [3.8, 4) is 5.75 Å². The highest BCUT2D eigenvalue weighted by atomic mass is 79.9. The first-order chi connectivity index (χ1) is 10.0. The van der Waals surface area contributed by atoms with E-state index < -0.39 is 5.97 Å². The summed E-state index contributed by atoms with van der Waals surface area (Å²) in [6.07, 6.45) is 0. The third kappa shape index (κ3) is 3.98. The molecule has 0 amide bonds. The van der Waals surface area contributed by atoms with Crippen LogP contribution in [0.3, 0.4) is 0 Å². The van der Waals surface area contributed by atoms with E-state index in [1.807, 2.05) is 12.1 Å². The average molecular weight is 415 g/mol. The largest absolute Gasteiger partial charge is 0.508 e. The van der Waals surface area contributed by atoms with E-state index >= 15 is 0 Å². The summed E-state index contributed by atoms with van der Waals surface area (Å²) in [5.74, 6) is -0.215. The van der Waals surface area contributed by atoms with Gasteiger partial charge in [0.15, 0.2) is 0 Å². The maximum absolute atomic E-state index is 11.9. The van der Waals surface area contributed by atoms with E-state index in [4.69, 9.17) is 4.74 Å². The molecule has 2 N–H and O–H groups in total. The van der Waals surface area contributed by atoms with Crippen LogP contribution >= 0.6 is 31.9 Å². The lowest BCUT2D eigenvalue weighted by Crippen LogP contribution is -2.09. The number of hydrogen-bond acceptors (Lipinski definition) is 4. The van der Waals surface area contributed by atoms with Gasteiger partial charge in [-0.2, -0.15) is 0 Å². The third-order valence-electron chi connectivity index (χ3n) is 2.84. The van der Waals surface area contributed by atoms with E-state index in [2.05, 4.69) is 37.2 Å².